The van der Waals surface area contributed by atoms with Gasteiger partial charge in [0.25, 0.3) is 0 Å². The minimum Gasteiger partial charge on any atom is -0.294 e. The summed E-state index contributed by atoms with van der Waals surface area (Å²) in [7, 11) is 0. The lowest BCUT2D eigenvalue weighted by Gasteiger charge is -2.56. The van der Waals surface area contributed by atoms with Crippen LogP contribution in [0.3, 0.4) is 0 Å². The van der Waals surface area contributed by atoms with Crippen LogP contribution >= 0.6 is 0 Å². The molecule has 8 saturated carbocycles. The van der Waals surface area contributed by atoms with Crippen molar-refractivity contribution >= 4 is 0 Å². The highest BCUT2D eigenvalue weighted by Crippen LogP contribution is 2.54. The summed E-state index contributed by atoms with van der Waals surface area (Å²) in [5.74, 6) is 8.50. The topological polar surface area (TPSA) is 6.48 Å². The standard InChI is InChI=1S/C53H94N2/c1-38-18-15-27-47(34-38)54(51-30-12-10-23-45-24-13-14-33-53(45,51)5)48-28-17-22-43(37-48)44-32-31-39(2)35-50(41(4)36-44)55(46-25-7-6-8-26-46)52-40(3)19-16-21-42-20-9-11-29-49(42)52/h38-52H,6-37H2,1-5H3/t38-,39?,40?,41?,42?,43?,44?,45?,47?,48?,49?,50+,51?,52+,53+/m1/s1. The SMILES string of the molecule is CC1CCC(C2CCCC(N(C3CCC[C@@H](C)C3)C3CCCCC4CCCC[C@@]43C)C2)CC(C)[C@@H](N(C2CCCCC2)[C@H]2C(C)CCCC3CCCCC32)C1. The molecule has 0 aromatic rings. The van der Waals surface area contributed by atoms with Gasteiger partial charge in [-0.25, -0.2) is 0 Å². The Morgan fingerprint density at radius 2 is 1.00 bits per heavy atom. The van der Waals surface area contributed by atoms with E-state index in [2.05, 4.69) is 44.4 Å². The van der Waals surface area contributed by atoms with Crippen LogP contribution in [0.25, 0.3) is 0 Å². The molecule has 0 amide bonds. The van der Waals surface area contributed by atoms with E-state index in [9.17, 15) is 0 Å². The molecule has 2 heteroatoms. The van der Waals surface area contributed by atoms with Crippen molar-refractivity contribution in [2.45, 2.75) is 276 Å². The van der Waals surface area contributed by atoms with Crippen LogP contribution < -0.4 is 0 Å². The highest BCUT2D eigenvalue weighted by atomic mass is 15.2. The molecule has 8 aliphatic rings. The van der Waals surface area contributed by atoms with Crippen LogP contribution in [-0.4, -0.2) is 46.1 Å². The molecule has 0 saturated heterocycles. The number of nitrogens with zero attached hydrogens (tertiary/aromatic N) is 2. The van der Waals surface area contributed by atoms with Gasteiger partial charge >= 0.3 is 0 Å². The van der Waals surface area contributed by atoms with Crippen LogP contribution in [0, 0.1) is 58.7 Å². The average Bonchev–Trinajstić information content (AvgIpc) is 3.47. The summed E-state index contributed by atoms with van der Waals surface area (Å²) in [6, 6.07) is 5.14. The lowest BCUT2D eigenvalue weighted by atomic mass is 9.61. The first kappa shape index (κ1) is 41.6. The highest BCUT2D eigenvalue weighted by molar-refractivity contribution is 5.04. The van der Waals surface area contributed by atoms with Gasteiger partial charge < -0.3 is 0 Å². The molecule has 0 bridgehead atoms. The first-order valence-electron chi connectivity index (χ1n) is 26.3. The summed E-state index contributed by atoms with van der Waals surface area (Å²) < 4.78 is 0. The maximum absolute atomic E-state index is 3.44. The van der Waals surface area contributed by atoms with Crippen molar-refractivity contribution in [3.8, 4) is 0 Å². The fourth-order valence-electron chi connectivity index (χ4n) is 17.1. The Bertz CT molecular complexity index is 1160. The van der Waals surface area contributed by atoms with E-state index in [4.69, 9.17) is 0 Å². The van der Waals surface area contributed by atoms with Gasteiger partial charge in [-0.2, -0.15) is 0 Å². The molecule has 8 fully saturated rings. The normalized spacial score (nSPS) is 47.2. The number of hydrogen-bond acceptors (Lipinski definition) is 2. The van der Waals surface area contributed by atoms with Crippen molar-refractivity contribution in [1.82, 2.24) is 9.80 Å². The zero-order valence-electron chi connectivity index (χ0n) is 37.7. The number of rotatable bonds is 7. The Labute approximate surface area is 343 Å². The summed E-state index contributed by atoms with van der Waals surface area (Å²) in [4.78, 5) is 6.85. The summed E-state index contributed by atoms with van der Waals surface area (Å²) >= 11 is 0. The maximum atomic E-state index is 3.44. The van der Waals surface area contributed by atoms with Gasteiger partial charge in [0.1, 0.15) is 0 Å². The van der Waals surface area contributed by atoms with Crippen LogP contribution in [-0.2, 0) is 0 Å². The molecule has 0 spiro atoms. The molecule has 0 aromatic heterocycles. The smallest absolute Gasteiger partial charge is 0.0158 e. The van der Waals surface area contributed by atoms with Gasteiger partial charge in [-0.15, -0.1) is 0 Å². The number of fused-ring (bicyclic) bond motifs is 2. The molecule has 0 aromatic carbocycles. The summed E-state index contributed by atoms with van der Waals surface area (Å²) in [5.41, 5.74) is 0.564. The lowest BCUT2D eigenvalue weighted by Crippen LogP contribution is -2.59. The summed E-state index contributed by atoms with van der Waals surface area (Å²) in [5, 5.41) is 0. The Morgan fingerprint density at radius 1 is 0.400 bits per heavy atom. The van der Waals surface area contributed by atoms with Crippen molar-refractivity contribution in [1.29, 1.82) is 0 Å². The molecule has 55 heavy (non-hydrogen) atoms. The van der Waals surface area contributed by atoms with E-state index in [1.807, 2.05) is 0 Å². The van der Waals surface area contributed by atoms with Crippen LogP contribution in [0.5, 0.6) is 0 Å². The van der Waals surface area contributed by atoms with Crippen LogP contribution in [0.2, 0.25) is 0 Å². The van der Waals surface area contributed by atoms with E-state index in [1.165, 1.54) is 173 Å². The highest BCUT2D eigenvalue weighted by Gasteiger charge is 2.51. The Morgan fingerprint density at radius 3 is 1.82 bits per heavy atom. The Balaban J connectivity index is 1.05. The first-order chi connectivity index (χ1) is 26.8. The fourth-order valence-corrected chi connectivity index (χ4v) is 17.1. The van der Waals surface area contributed by atoms with Crippen LogP contribution in [0.1, 0.15) is 240 Å². The van der Waals surface area contributed by atoms with Gasteiger partial charge in [0, 0.05) is 36.3 Å². The average molecular weight is 759 g/mol. The van der Waals surface area contributed by atoms with Crippen molar-refractivity contribution in [2.75, 3.05) is 0 Å². The molecule has 316 valence electrons. The quantitative estimate of drug-likeness (QED) is 0.255. The second-order valence-corrected chi connectivity index (χ2v) is 23.5. The molecule has 0 radical (unpaired) electrons. The summed E-state index contributed by atoms with van der Waals surface area (Å²) in [6.07, 6.45) is 48.5. The van der Waals surface area contributed by atoms with Gasteiger partial charge in [0.05, 0.1) is 0 Å². The Kier molecular flexibility index (Phi) is 14.5. The second kappa shape index (κ2) is 19.1. The zero-order valence-corrected chi connectivity index (χ0v) is 37.7. The van der Waals surface area contributed by atoms with Gasteiger partial charge in [-0.1, -0.05) is 144 Å². The molecule has 8 rings (SSSR count). The van der Waals surface area contributed by atoms with E-state index < -0.39 is 0 Å². The van der Waals surface area contributed by atoms with Crippen molar-refractivity contribution < 1.29 is 0 Å². The van der Waals surface area contributed by atoms with E-state index in [0.29, 0.717) is 5.41 Å². The van der Waals surface area contributed by atoms with Crippen LogP contribution in [0.4, 0.5) is 0 Å². The number of hydrogen-bond donors (Lipinski definition) is 0. The molecule has 0 aliphatic heterocycles. The largest absolute Gasteiger partial charge is 0.294 e. The molecule has 15 atom stereocenters. The zero-order chi connectivity index (χ0) is 37.9. The third-order valence-electron chi connectivity index (χ3n) is 19.9. The minimum absolute atomic E-state index is 0.564. The molecule has 0 heterocycles. The molecular formula is C53H94N2. The van der Waals surface area contributed by atoms with Gasteiger partial charge in [-0.05, 0) is 155 Å². The maximum Gasteiger partial charge on any atom is 0.0158 e. The van der Waals surface area contributed by atoms with Crippen molar-refractivity contribution in [2.24, 2.45) is 58.7 Å². The van der Waals surface area contributed by atoms with Crippen LogP contribution in [0.15, 0.2) is 0 Å². The minimum atomic E-state index is 0.564. The molecular weight excluding hydrogens is 665 g/mol. The molecule has 0 N–H and O–H groups in total. The van der Waals surface area contributed by atoms with E-state index in [0.717, 1.165) is 89.5 Å². The third kappa shape index (κ3) is 9.31. The molecule has 11 unspecified atom stereocenters. The van der Waals surface area contributed by atoms with Gasteiger partial charge in [-0.3, -0.25) is 9.80 Å². The molecule has 2 nitrogen and oxygen atoms in total. The van der Waals surface area contributed by atoms with E-state index in [-0.39, 0.29) is 0 Å². The Hall–Kier alpha value is -0.0800. The molecule has 8 aliphatic carbocycles. The first-order valence-corrected chi connectivity index (χ1v) is 26.3. The summed E-state index contributed by atoms with van der Waals surface area (Å²) in [6.45, 7) is 13.7. The van der Waals surface area contributed by atoms with Gasteiger partial charge in [0.2, 0.25) is 0 Å². The van der Waals surface area contributed by atoms with Crippen molar-refractivity contribution in [3.05, 3.63) is 0 Å². The van der Waals surface area contributed by atoms with Gasteiger partial charge in [0.15, 0.2) is 0 Å². The second-order valence-electron chi connectivity index (χ2n) is 23.5. The third-order valence-corrected chi connectivity index (χ3v) is 19.9. The monoisotopic (exact) mass is 759 g/mol. The predicted octanol–water partition coefficient (Wildman–Crippen LogP) is 15.0. The predicted molar refractivity (Wildman–Crippen MR) is 236 cm³/mol. The lowest BCUT2D eigenvalue weighted by molar-refractivity contribution is -0.0717. The van der Waals surface area contributed by atoms with Crippen molar-refractivity contribution in [3.63, 3.8) is 0 Å². The van der Waals surface area contributed by atoms with E-state index >= 15 is 0 Å². The fraction of sp³-hybridized carbons (Fsp3) is 1.00. The van der Waals surface area contributed by atoms with E-state index in [1.54, 1.807) is 32.1 Å².